The van der Waals surface area contributed by atoms with Crippen LogP contribution in [-0.2, 0) is 20.7 Å². The molecule has 9 nitrogen and oxygen atoms in total. The molecule has 2 aliphatic heterocycles. The minimum atomic E-state index is -0.862. The fourth-order valence-electron chi connectivity index (χ4n) is 4.82. The fourth-order valence-corrected chi connectivity index (χ4v) is 4.82. The Bertz CT molecular complexity index is 1180. The Morgan fingerprint density at radius 3 is 2.36 bits per heavy atom. The molecule has 0 spiro atoms. The number of ketones is 1. The summed E-state index contributed by atoms with van der Waals surface area (Å²) in [6, 6.07) is 7.78. The number of hydrogen-bond acceptors (Lipinski definition) is 8. The number of carbonyl (C=O) groups excluding carboxylic acids is 2. The lowest BCUT2D eigenvalue weighted by molar-refractivity contribution is -0.140. The molecule has 2 heterocycles. The van der Waals surface area contributed by atoms with Crippen LogP contribution in [0.2, 0.25) is 0 Å². The van der Waals surface area contributed by atoms with Crippen molar-refractivity contribution < 1.29 is 38.4 Å². The molecular weight excluding hydrogens is 466 g/mol. The maximum Gasteiger partial charge on any atom is 0.295 e. The van der Waals surface area contributed by atoms with E-state index in [9.17, 15) is 14.7 Å². The Morgan fingerprint density at radius 1 is 1.06 bits per heavy atom. The van der Waals surface area contributed by atoms with E-state index >= 15 is 0 Å². The number of rotatable bonds is 9. The lowest BCUT2D eigenvalue weighted by Crippen LogP contribution is -2.31. The average molecular weight is 498 g/mol. The Morgan fingerprint density at radius 2 is 1.75 bits per heavy atom. The molecule has 2 aromatic rings. The standard InChI is InChI=1S/C27H31NO8/c1-15-11-17-12-16(7-8-19(17)36-15)24(29)22-23(28(9-6-10-32-2)27(31)25(22)30)18-13-20(33-3)26(35-5)21(14-18)34-4/h7-8,12-15,23,29H,6,9-11H2,1-5H3/t15-,23+/m1/s1. The summed E-state index contributed by atoms with van der Waals surface area (Å²) in [5.41, 5.74) is 1.92. The number of hydrogen-bond donors (Lipinski definition) is 1. The molecule has 1 N–H and O–H groups in total. The quantitative estimate of drug-likeness (QED) is 0.243. The lowest BCUT2D eigenvalue weighted by Gasteiger charge is -2.26. The molecule has 0 saturated carbocycles. The van der Waals surface area contributed by atoms with Gasteiger partial charge in [-0.15, -0.1) is 0 Å². The molecule has 0 aromatic heterocycles. The van der Waals surface area contributed by atoms with Gasteiger partial charge in [0.15, 0.2) is 11.5 Å². The van der Waals surface area contributed by atoms with Crippen molar-refractivity contribution in [2.75, 3.05) is 41.6 Å². The van der Waals surface area contributed by atoms with Crippen LogP contribution in [0, 0.1) is 0 Å². The number of fused-ring (bicyclic) bond motifs is 1. The highest BCUT2D eigenvalue weighted by Gasteiger charge is 2.46. The van der Waals surface area contributed by atoms with Crippen molar-refractivity contribution in [3.05, 3.63) is 52.6 Å². The number of carbonyl (C=O) groups is 2. The van der Waals surface area contributed by atoms with Crippen molar-refractivity contribution in [1.29, 1.82) is 0 Å². The van der Waals surface area contributed by atoms with E-state index in [2.05, 4.69) is 0 Å². The molecule has 2 aliphatic rings. The van der Waals surface area contributed by atoms with Gasteiger partial charge in [-0.25, -0.2) is 0 Å². The molecule has 2 aromatic carbocycles. The number of amides is 1. The van der Waals surface area contributed by atoms with Crippen molar-refractivity contribution in [2.24, 2.45) is 0 Å². The fraction of sp³-hybridized carbons (Fsp3) is 0.407. The van der Waals surface area contributed by atoms with E-state index in [-0.39, 0.29) is 24.0 Å². The summed E-state index contributed by atoms with van der Waals surface area (Å²) >= 11 is 0. The topological polar surface area (TPSA) is 104 Å². The summed E-state index contributed by atoms with van der Waals surface area (Å²) in [4.78, 5) is 27.9. The van der Waals surface area contributed by atoms with Gasteiger partial charge in [0.2, 0.25) is 5.75 Å². The number of Topliss-reactive ketones (excluding diaryl/α,β-unsaturated/α-hetero) is 1. The van der Waals surface area contributed by atoms with Gasteiger partial charge in [-0.2, -0.15) is 0 Å². The van der Waals surface area contributed by atoms with E-state index in [0.717, 1.165) is 11.3 Å². The Hall–Kier alpha value is -3.72. The monoisotopic (exact) mass is 497 g/mol. The smallest absolute Gasteiger partial charge is 0.295 e. The van der Waals surface area contributed by atoms with Crippen molar-refractivity contribution in [2.45, 2.75) is 31.9 Å². The highest BCUT2D eigenvalue weighted by molar-refractivity contribution is 6.46. The highest BCUT2D eigenvalue weighted by atomic mass is 16.5. The van der Waals surface area contributed by atoms with Crippen LogP contribution in [0.3, 0.4) is 0 Å². The summed E-state index contributed by atoms with van der Waals surface area (Å²) < 4.78 is 27.3. The maximum atomic E-state index is 13.3. The Labute approximate surface area is 210 Å². The van der Waals surface area contributed by atoms with Crippen LogP contribution in [0.5, 0.6) is 23.0 Å². The van der Waals surface area contributed by atoms with Gasteiger partial charge in [0.25, 0.3) is 11.7 Å². The highest BCUT2D eigenvalue weighted by Crippen LogP contribution is 2.46. The number of aliphatic hydroxyl groups is 1. The van der Waals surface area contributed by atoms with E-state index in [1.807, 2.05) is 6.92 Å². The van der Waals surface area contributed by atoms with Gasteiger partial charge in [0, 0.05) is 32.2 Å². The molecule has 0 unspecified atom stereocenters. The van der Waals surface area contributed by atoms with Crippen LogP contribution < -0.4 is 18.9 Å². The second-order valence-electron chi connectivity index (χ2n) is 8.75. The molecule has 0 bridgehead atoms. The second-order valence-corrected chi connectivity index (χ2v) is 8.75. The number of ether oxygens (including phenoxy) is 5. The SMILES string of the molecule is COCCCN1C(=O)C(=O)C(=C(O)c2ccc3c(c2)C[C@@H](C)O3)[C@@H]1c1cc(OC)c(OC)c(OC)c1. The summed E-state index contributed by atoms with van der Waals surface area (Å²) in [7, 11) is 6.05. The molecule has 1 fully saturated rings. The van der Waals surface area contributed by atoms with Gasteiger partial charge in [-0.3, -0.25) is 9.59 Å². The summed E-state index contributed by atoms with van der Waals surface area (Å²) in [5, 5.41) is 11.4. The van der Waals surface area contributed by atoms with Crippen LogP contribution in [-0.4, -0.2) is 69.4 Å². The van der Waals surface area contributed by atoms with Crippen LogP contribution >= 0.6 is 0 Å². The van der Waals surface area contributed by atoms with E-state index in [0.29, 0.717) is 47.8 Å². The van der Waals surface area contributed by atoms with Gasteiger partial charge in [0.05, 0.1) is 32.9 Å². The molecule has 0 aliphatic carbocycles. The molecule has 2 atom stereocenters. The Kier molecular flexibility index (Phi) is 7.40. The van der Waals surface area contributed by atoms with Crippen LogP contribution in [0.1, 0.15) is 36.1 Å². The molecule has 36 heavy (non-hydrogen) atoms. The number of aliphatic hydroxyl groups excluding tert-OH is 1. The summed E-state index contributed by atoms with van der Waals surface area (Å²) in [6.45, 7) is 2.63. The minimum Gasteiger partial charge on any atom is -0.507 e. The third kappa shape index (κ3) is 4.46. The zero-order chi connectivity index (χ0) is 26.0. The number of likely N-dealkylation sites (tertiary alicyclic amines) is 1. The first-order chi connectivity index (χ1) is 17.3. The molecule has 9 heteroatoms. The van der Waals surface area contributed by atoms with Crippen LogP contribution in [0.4, 0.5) is 0 Å². The van der Waals surface area contributed by atoms with Gasteiger partial charge >= 0.3 is 0 Å². The van der Waals surface area contributed by atoms with Crippen molar-refractivity contribution in [3.8, 4) is 23.0 Å². The lowest BCUT2D eigenvalue weighted by atomic mass is 9.94. The maximum absolute atomic E-state index is 13.3. The third-order valence-corrected chi connectivity index (χ3v) is 6.46. The largest absolute Gasteiger partial charge is 0.507 e. The summed E-state index contributed by atoms with van der Waals surface area (Å²) in [5.74, 6) is 0.186. The van der Waals surface area contributed by atoms with Crippen molar-refractivity contribution >= 4 is 17.4 Å². The van der Waals surface area contributed by atoms with E-state index in [4.69, 9.17) is 23.7 Å². The van der Waals surface area contributed by atoms with E-state index < -0.39 is 17.7 Å². The predicted molar refractivity (Wildman–Crippen MR) is 132 cm³/mol. The normalized spacial score (nSPS) is 20.3. The van der Waals surface area contributed by atoms with E-state index in [1.54, 1.807) is 37.4 Å². The zero-order valence-corrected chi connectivity index (χ0v) is 21.1. The van der Waals surface area contributed by atoms with Gasteiger partial charge in [-0.05, 0) is 54.8 Å². The van der Waals surface area contributed by atoms with Crippen LogP contribution in [0.15, 0.2) is 35.9 Å². The van der Waals surface area contributed by atoms with Crippen molar-refractivity contribution in [1.82, 2.24) is 4.90 Å². The molecule has 0 radical (unpaired) electrons. The number of benzene rings is 2. The van der Waals surface area contributed by atoms with Gasteiger partial charge in [-0.1, -0.05) is 0 Å². The van der Waals surface area contributed by atoms with Crippen LogP contribution in [0.25, 0.3) is 5.76 Å². The van der Waals surface area contributed by atoms with Gasteiger partial charge in [0.1, 0.15) is 17.6 Å². The molecule has 192 valence electrons. The second kappa shape index (κ2) is 10.5. The zero-order valence-electron chi connectivity index (χ0n) is 21.1. The first kappa shape index (κ1) is 25.4. The molecular formula is C27H31NO8. The van der Waals surface area contributed by atoms with E-state index in [1.165, 1.54) is 26.2 Å². The Balaban J connectivity index is 1.88. The number of nitrogens with zero attached hydrogens (tertiary/aromatic N) is 1. The van der Waals surface area contributed by atoms with Gasteiger partial charge < -0.3 is 33.7 Å². The average Bonchev–Trinajstić information content (AvgIpc) is 3.38. The first-order valence-corrected chi connectivity index (χ1v) is 11.7. The first-order valence-electron chi connectivity index (χ1n) is 11.7. The van der Waals surface area contributed by atoms with Crippen molar-refractivity contribution in [3.63, 3.8) is 0 Å². The predicted octanol–water partition coefficient (Wildman–Crippen LogP) is 3.49. The summed E-state index contributed by atoms with van der Waals surface area (Å²) in [6.07, 6.45) is 1.24. The molecule has 4 rings (SSSR count). The molecule has 1 saturated heterocycles. The molecule has 1 amide bonds. The minimum absolute atomic E-state index is 0.00129. The third-order valence-electron chi connectivity index (χ3n) is 6.46. The number of methoxy groups -OCH3 is 4.